The molecular formula is C33H41N7O3. The van der Waals surface area contributed by atoms with E-state index in [0.29, 0.717) is 28.8 Å². The number of amides is 2. The number of ether oxygens (including phenoxy) is 2. The number of allylic oxidation sites excluding steroid dienone is 3. The normalized spacial score (nSPS) is 15.6. The molecule has 2 amide bonds. The molecule has 43 heavy (non-hydrogen) atoms. The van der Waals surface area contributed by atoms with E-state index < -0.39 is 0 Å². The standard InChI is InChI=1S/C33H41N7O3/c1-6-38-16-18-39(19-17-38)26-12-10-25(11-13-26)36-30-21-31(35-22-34-30)40(28-15-14-27(42-4)20-29(28)43-5)33(41)37-32-23(2)8-7-9-24(32)3/h8,10-15,20-22H,6-7,9,16-19H2,1-5H3,(H,37,41)(H,34,35,36). The molecule has 0 spiro atoms. The molecule has 0 radical (unpaired) electrons. The summed E-state index contributed by atoms with van der Waals surface area (Å²) in [6.45, 7) is 11.6. The zero-order valence-corrected chi connectivity index (χ0v) is 25.7. The van der Waals surface area contributed by atoms with E-state index in [4.69, 9.17) is 9.47 Å². The molecule has 2 aliphatic rings. The first-order valence-corrected chi connectivity index (χ1v) is 14.8. The zero-order chi connectivity index (χ0) is 30.3. The molecule has 1 aromatic heterocycles. The van der Waals surface area contributed by atoms with Crippen molar-refractivity contribution in [3.63, 3.8) is 0 Å². The molecule has 0 bridgehead atoms. The first-order valence-electron chi connectivity index (χ1n) is 14.8. The Morgan fingerprint density at radius 1 is 0.977 bits per heavy atom. The van der Waals surface area contributed by atoms with Crippen molar-refractivity contribution in [2.24, 2.45) is 0 Å². The van der Waals surface area contributed by atoms with Crippen LogP contribution in [0.5, 0.6) is 11.5 Å². The first kappa shape index (κ1) is 29.9. The maximum absolute atomic E-state index is 14.0. The summed E-state index contributed by atoms with van der Waals surface area (Å²) in [5.74, 6) is 2.04. The van der Waals surface area contributed by atoms with Crippen molar-refractivity contribution in [2.45, 2.75) is 33.6 Å². The number of aromatic nitrogens is 2. The minimum Gasteiger partial charge on any atom is -0.497 e. The first-order chi connectivity index (χ1) is 20.9. The predicted octanol–water partition coefficient (Wildman–Crippen LogP) is 6.24. The Balaban J connectivity index is 1.42. The monoisotopic (exact) mass is 583 g/mol. The van der Waals surface area contributed by atoms with Crippen LogP contribution in [0.25, 0.3) is 0 Å². The van der Waals surface area contributed by atoms with Crippen LogP contribution in [0, 0.1) is 0 Å². The average molecular weight is 584 g/mol. The summed E-state index contributed by atoms with van der Waals surface area (Å²) in [6.07, 6.45) is 5.45. The van der Waals surface area contributed by atoms with Crippen molar-refractivity contribution in [1.29, 1.82) is 0 Å². The minimum absolute atomic E-state index is 0.357. The third-order valence-corrected chi connectivity index (χ3v) is 8.06. The van der Waals surface area contributed by atoms with Crippen molar-refractivity contribution in [3.8, 4) is 11.5 Å². The van der Waals surface area contributed by atoms with Crippen LogP contribution in [0.15, 0.2) is 77.8 Å². The fraction of sp³-hybridized carbons (Fsp3) is 0.364. The van der Waals surface area contributed by atoms with E-state index in [1.807, 2.05) is 26.0 Å². The maximum atomic E-state index is 14.0. The van der Waals surface area contributed by atoms with Gasteiger partial charge in [-0.3, -0.25) is 0 Å². The van der Waals surface area contributed by atoms with Gasteiger partial charge < -0.3 is 29.9 Å². The van der Waals surface area contributed by atoms with Crippen LogP contribution < -0.4 is 29.9 Å². The van der Waals surface area contributed by atoms with E-state index in [-0.39, 0.29) is 6.03 Å². The number of likely N-dealkylation sites (N-methyl/N-ethyl adjacent to an activating group) is 1. The number of anilines is 5. The second-order valence-corrected chi connectivity index (χ2v) is 10.7. The molecule has 2 N–H and O–H groups in total. The smallest absolute Gasteiger partial charge is 0.332 e. The summed E-state index contributed by atoms with van der Waals surface area (Å²) in [4.78, 5) is 29.3. The van der Waals surface area contributed by atoms with Gasteiger partial charge in [-0.2, -0.15) is 0 Å². The number of piperazine rings is 1. The Labute approximate surface area is 254 Å². The van der Waals surface area contributed by atoms with Gasteiger partial charge in [0, 0.05) is 55.4 Å². The van der Waals surface area contributed by atoms with Gasteiger partial charge in [-0.05, 0) is 80.8 Å². The Morgan fingerprint density at radius 3 is 2.42 bits per heavy atom. The lowest BCUT2D eigenvalue weighted by atomic mass is 9.98. The summed E-state index contributed by atoms with van der Waals surface area (Å²) in [5.41, 5.74) is 5.62. The Morgan fingerprint density at radius 2 is 1.74 bits per heavy atom. The van der Waals surface area contributed by atoms with Gasteiger partial charge in [-0.15, -0.1) is 0 Å². The topological polar surface area (TPSA) is 95.1 Å². The molecule has 10 nitrogen and oxygen atoms in total. The van der Waals surface area contributed by atoms with E-state index in [9.17, 15) is 4.79 Å². The fourth-order valence-corrected chi connectivity index (χ4v) is 5.51. The number of carbonyl (C=O) groups is 1. The van der Waals surface area contributed by atoms with Crippen LogP contribution in [0.3, 0.4) is 0 Å². The summed E-state index contributed by atoms with van der Waals surface area (Å²) < 4.78 is 11.1. The highest BCUT2D eigenvalue weighted by Crippen LogP contribution is 2.37. The SMILES string of the molecule is CCN1CCN(c2ccc(Nc3cc(N(C(=O)NC4=C(C)CCC=C4C)c4ccc(OC)cc4OC)ncn3)cc2)CC1. The van der Waals surface area contributed by atoms with E-state index in [1.165, 1.54) is 16.9 Å². The van der Waals surface area contributed by atoms with Gasteiger partial charge in [-0.1, -0.05) is 13.0 Å². The average Bonchev–Trinajstić information content (AvgIpc) is 3.04. The molecule has 1 aliphatic heterocycles. The van der Waals surface area contributed by atoms with Crippen molar-refractivity contribution in [3.05, 3.63) is 77.8 Å². The minimum atomic E-state index is -0.357. The summed E-state index contributed by atoms with van der Waals surface area (Å²) >= 11 is 0. The number of nitrogens with one attached hydrogen (secondary N) is 2. The summed E-state index contributed by atoms with van der Waals surface area (Å²) in [5, 5.41) is 6.50. The lowest BCUT2D eigenvalue weighted by molar-refractivity contribution is 0.250. The molecular weight excluding hydrogens is 542 g/mol. The molecule has 0 saturated carbocycles. The number of rotatable bonds is 9. The molecule has 1 fully saturated rings. The van der Waals surface area contributed by atoms with Crippen molar-refractivity contribution in [1.82, 2.24) is 20.2 Å². The van der Waals surface area contributed by atoms with Crippen LogP contribution >= 0.6 is 0 Å². The zero-order valence-electron chi connectivity index (χ0n) is 25.7. The molecule has 2 aromatic carbocycles. The number of hydrogen-bond acceptors (Lipinski definition) is 8. The molecule has 1 aliphatic carbocycles. The molecule has 0 atom stereocenters. The highest BCUT2D eigenvalue weighted by Gasteiger charge is 2.26. The Bertz CT molecular complexity index is 1490. The van der Waals surface area contributed by atoms with Gasteiger partial charge in [0.25, 0.3) is 0 Å². The number of nitrogens with zero attached hydrogens (tertiary/aromatic N) is 5. The molecule has 1 saturated heterocycles. The second kappa shape index (κ2) is 13.6. The molecule has 5 rings (SSSR count). The van der Waals surface area contributed by atoms with Crippen molar-refractivity contribution >= 4 is 34.7 Å². The van der Waals surface area contributed by atoms with Gasteiger partial charge >= 0.3 is 6.03 Å². The highest BCUT2D eigenvalue weighted by molar-refractivity contribution is 6.01. The van der Waals surface area contributed by atoms with E-state index in [1.54, 1.807) is 38.5 Å². The third kappa shape index (κ3) is 6.91. The second-order valence-electron chi connectivity index (χ2n) is 10.7. The fourth-order valence-electron chi connectivity index (χ4n) is 5.51. The third-order valence-electron chi connectivity index (χ3n) is 8.06. The van der Waals surface area contributed by atoms with Crippen LogP contribution in [-0.2, 0) is 0 Å². The van der Waals surface area contributed by atoms with Crippen molar-refractivity contribution < 1.29 is 14.3 Å². The Hall–Kier alpha value is -4.57. The predicted molar refractivity (Wildman–Crippen MR) is 172 cm³/mol. The van der Waals surface area contributed by atoms with Crippen LogP contribution in [0.4, 0.5) is 33.5 Å². The quantitative estimate of drug-likeness (QED) is 0.306. The van der Waals surface area contributed by atoms with Gasteiger partial charge in [0.1, 0.15) is 29.5 Å². The van der Waals surface area contributed by atoms with Crippen LogP contribution in [0.1, 0.15) is 33.6 Å². The van der Waals surface area contributed by atoms with Gasteiger partial charge in [-0.25, -0.2) is 19.7 Å². The molecule has 10 heteroatoms. The maximum Gasteiger partial charge on any atom is 0.332 e. The number of carbonyl (C=O) groups excluding carboxylic acids is 1. The van der Waals surface area contributed by atoms with E-state index in [2.05, 4.69) is 55.5 Å². The van der Waals surface area contributed by atoms with Gasteiger partial charge in [0.2, 0.25) is 0 Å². The molecule has 2 heterocycles. The molecule has 3 aromatic rings. The Kier molecular flexibility index (Phi) is 9.46. The number of benzene rings is 2. The molecule has 226 valence electrons. The van der Waals surface area contributed by atoms with Gasteiger partial charge in [0.05, 0.1) is 19.9 Å². The van der Waals surface area contributed by atoms with Crippen LogP contribution in [-0.4, -0.2) is 67.8 Å². The number of urea groups is 1. The highest BCUT2D eigenvalue weighted by atomic mass is 16.5. The lowest BCUT2D eigenvalue weighted by Gasteiger charge is -2.35. The lowest BCUT2D eigenvalue weighted by Crippen LogP contribution is -2.46. The van der Waals surface area contributed by atoms with E-state index >= 15 is 0 Å². The van der Waals surface area contributed by atoms with Gasteiger partial charge in [0.15, 0.2) is 0 Å². The summed E-state index contributed by atoms with van der Waals surface area (Å²) in [7, 11) is 3.16. The number of hydrogen-bond donors (Lipinski definition) is 2. The van der Waals surface area contributed by atoms with Crippen molar-refractivity contribution in [2.75, 3.05) is 62.1 Å². The van der Waals surface area contributed by atoms with Crippen LogP contribution in [0.2, 0.25) is 0 Å². The number of methoxy groups -OCH3 is 2. The largest absolute Gasteiger partial charge is 0.497 e. The van der Waals surface area contributed by atoms with E-state index in [0.717, 1.165) is 68.1 Å². The summed E-state index contributed by atoms with van der Waals surface area (Å²) in [6, 6.07) is 15.1. The molecule has 0 unspecified atom stereocenters.